The molecule has 0 spiro atoms. The summed E-state index contributed by atoms with van der Waals surface area (Å²) in [6, 6.07) is 10.5. The van der Waals surface area contributed by atoms with E-state index in [0.29, 0.717) is 0 Å². The average Bonchev–Trinajstić information content (AvgIpc) is 2.18. The Balaban J connectivity index is 2.97. The SMILES string of the molecule is CC(Br)=CN(C)C(C)(C)c1ccccc1. The lowest BCUT2D eigenvalue weighted by atomic mass is 9.93. The second-order valence-electron chi connectivity index (χ2n) is 4.25. The molecular formula is C13H18BrN. The van der Waals surface area contributed by atoms with E-state index in [1.807, 2.05) is 13.0 Å². The molecule has 0 fully saturated rings. The molecule has 2 heteroatoms. The molecule has 15 heavy (non-hydrogen) atoms. The zero-order chi connectivity index (χ0) is 11.5. The highest BCUT2D eigenvalue weighted by atomic mass is 79.9. The molecule has 1 aromatic carbocycles. The molecule has 1 rings (SSSR count). The van der Waals surface area contributed by atoms with Gasteiger partial charge in [-0.3, -0.25) is 0 Å². The predicted octanol–water partition coefficient (Wildman–Crippen LogP) is 4.11. The van der Waals surface area contributed by atoms with Crippen molar-refractivity contribution in [1.82, 2.24) is 4.90 Å². The maximum Gasteiger partial charge on any atom is 0.0589 e. The summed E-state index contributed by atoms with van der Waals surface area (Å²) in [6.45, 7) is 6.47. The van der Waals surface area contributed by atoms with Crippen LogP contribution in [0.25, 0.3) is 0 Å². The van der Waals surface area contributed by atoms with E-state index in [1.54, 1.807) is 0 Å². The van der Waals surface area contributed by atoms with Gasteiger partial charge < -0.3 is 4.90 Å². The molecule has 0 aromatic heterocycles. The fourth-order valence-corrected chi connectivity index (χ4v) is 1.78. The summed E-state index contributed by atoms with van der Waals surface area (Å²) in [5.41, 5.74) is 1.33. The van der Waals surface area contributed by atoms with Crippen LogP contribution >= 0.6 is 15.9 Å². The predicted molar refractivity (Wildman–Crippen MR) is 69.9 cm³/mol. The minimum Gasteiger partial charge on any atom is -0.371 e. The molecule has 82 valence electrons. The van der Waals surface area contributed by atoms with Gasteiger partial charge in [0.25, 0.3) is 0 Å². The highest BCUT2D eigenvalue weighted by Crippen LogP contribution is 2.27. The minimum atomic E-state index is 0.0102. The molecule has 0 bridgehead atoms. The Morgan fingerprint density at radius 3 is 2.27 bits per heavy atom. The molecule has 0 aliphatic heterocycles. The molecule has 0 amide bonds. The summed E-state index contributed by atoms with van der Waals surface area (Å²) < 4.78 is 1.13. The summed E-state index contributed by atoms with van der Waals surface area (Å²) in [4.78, 5) is 2.21. The van der Waals surface area contributed by atoms with Crippen LogP contribution in [0, 0.1) is 0 Å². The van der Waals surface area contributed by atoms with Gasteiger partial charge in [0.15, 0.2) is 0 Å². The van der Waals surface area contributed by atoms with Crippen molar-refractivity contribution >= 4 is 15.9 Å². The van der Waals surface area contributed by atoms with Crippen LogP contribution in [0.3, 0.4) is 0 Å². The monoisotopic (exact) mass is 267 g/mol. The number of allylic oxidation sites excluding steroid dienone is 1. The Labute approximate surface area is 101 Å². The van der Waals surface area contributed by atoms with Crippen LogP contribution in [0.5, 0.6) is 0 Å². The number of hydrogen-bond donors (Lipinski definition) is 0. The lowest BCUT2D eigenvalue weighted by Crippen LogP contribution is -2.34. The van der Waals surface area contributed by atoms with Gasteiger partial charge in [0.05, 0.1) is 5.54 Å². The zero-order valence-electron chi connectivity index (χ0n) is 9.79. The van der Waals surface area contributed by atoms with E-state index in [1.165, 1.54) is 5.56 Å². The molecule has 0 N–H and O–H groups in total. The summed E-state index contributed by atoms with van der Waals surface area (Å²) in [7, 11) is 2.10. The third-order valence-electron chi connectivity index (χ3n) is 2.73. The first-order chi connectivity index (χ1) is 6.94. The van der Waals surface area contributed by atoms with Gasteiger partial charge in [-0.05, 0) is 26.3 Å². The Morgan fingerprint density at radius 2 is 1.80 bits per heavy atom. The fraction of sp³-hybridized carbons (Fsp3) is 0.385. The van der Waals surface area contributed by atoms with E-state index < -0.39 is 0 Å². The van der Waals surface area contributed by atoms with Crippen LogP contribution in [0.4, 0.5) is 0 Å². The van der Waals surface area contributed by atoms with Crippen molar-refractivity contribution in [2.45, 2.75) is 26.3 Å². The van der Waals surface area contributed by atoms with Crippen LogP contribution in [0.2, 0.25) is 0 Å². The van der Waals surface area contributed by atoms with Gasteiger partial charge in [-0.15, -0.1) is 0 Å². The Kier molecular flexibility index (Phi) is 3.97. The van der Waals surface area contributed by atoms with E-state index >= 15 is 0 Å². The van der Waals surface area contributed by atoms with E-state index in [2.05, 4.69) is 72.2 Å². The third-order valence-corrected chi connectivity index (χ3v) is 2.94. The van der Waals surface area contributed by atoms with Crippen molar-refractivity contribution in [2.24, 2.45) is 0 Å². The van der Waals surface area contributed by atoms with Gasteiger partial charge in [0.2, 0.25) is 0 Å². The first-order valence-corrected chi connectivity index (χ1v) is 5.86. The van der Waals surface area contributed by atoms with Crippen LogP contribution in [0.15, 0.2) is 41.0 Å². The summed E-state index contributed by atoms with van der Waals surface area (Å²) in [5, 5.41) is 0. The lowest BCUT2D eigenvalue weighted by Gasteiger charge is -2.35. The van der Waals surface area contributed by atoms with Crippen molar-refractivity contribution in [2.75, 3.05) is 7.05 Å². The van der Waals surface area contributed by atoms with Crippen LogP contribution in [-0.2, 0) is 5.54 Å². The Hall–Kier alpha value is -0.760. The van der Waals surface area contributed by atoms with Gasteiger partial charge in [0, 0.05) is 17.7 Å². The van der Waals surface area contributed by atoms with Crippen molar-refractivity contribution in [3.63, 3.8) is 0 Å². The first kappa shape index (κ1) is 12.3. The smallest absolute Gasteiger partial charge is 0.0589 e. The minimum absolute atomic E-state index is 0.0102. The van der Waals surface area contributed by atoms with Crippen molar-refractivity contribution in [3.8, 4) is 0 Å². The summed E-state index contributed by atoms with van der Waals surface area (Å²) in [5.74, 6) is 0. The van der Waals surface area contributed by atoms with Crippen LogP contribution in [0.1, 0.15) is 26.3 Å². The van der Waals surface area contributed by atoms with Gasteiger partial charge >= 0.3 is 0 Å². The molecule has 1 nitrogen and oxygen atoms in total. The third kappa shape index (κ3) is 3.10. The normalized spacial score (nSPS) is 12.7. The fourth-order valence-electron chi connectivity index (χ4n) is 1.48. The molecule has 0 aliphatic rings. The van der Waals surface area contributed by atoms with Crippen molar-refractivity contribution in [1.29, 1.82) is 0 Å². The number of rotatable bonds is 3. The molecule has 0 saturated heterocycles. The van der Waals surface area contributed by atoms with E-state index in [9.17, 15) is 0 Å². The molecular weight excluding hydrogens is 250 g/mol. The van der Waals surface area contributed by atoms with Crippen molar-refractivity contribution in [3.05, 3.63) is 46.6 Å². The molecule has 0 heterocycles. The Bertz CT molecular complexity index is 337. The summed E-state index contributed by atoms with van der Waals surface area (Å²) in [6.07, 6.45) is 2.10. The lowest BCUT2D eigenvalue weighted by molar-refractivity contribution is 0.227. The highest BCUT2D eigenvalue weighted by molar-refractivity contribution is 9.11. The molecule has 0 unspecified atom stereocenters. The standard InChI is InChI=1S/C13H18BrN/c1-11(14)10-15(4)13(2,3)12-8-6-5-7-9-12/h5-10H,1-4H3. The number of nitrogens with zero attached hydrogens (tertiary/aromatic N) is 1. The molecule has 0 saturated carbocycles. The number of benzene rings is 1. The van der Waals surface area contributed by atoms with Gasteiger partial charge in [-0.2, -0.15) is 0 Å². The van der Waals surface area contributed by atoms with Crippen LogP contribution < -0.4 is 0 Å². The number of halogens is 1. The second-order valence-corrected chi connectivity index (χ2v) is 5.50. The van der Waals surface area contributed by atoms with Gasteiger partial charge in [0.1, 0.15) is 0 Å². The van der Waals surface area contributed by atoms with E-state index in [0.717, 1.165) is 4.48 Å². The van der Waals surface area contributed by atoms with Gasteiger partial charge in [-0.1, -0.05) is 46.3 Å². The molecule has 1 aromatic rings. The van der Waals surface area contributed by atoms with E-state index in [4.69, 9.17) is 0 Å². The maximum absolute atomic E-state index is 3.46. The topological polar surface area (TPSA) is 3.24 Å². The molecule has 0 aliphatic carbocycles. The maximum atomic E-state index is 3.46. The highest BCUT2D eigenvalue weighted by Gasteiger charge is 2.23. The second kappa shape index (κ2) is 4.84. The molecule has 0 atom stereocenters. The number of hydrogen-bond acceptors (Lipinski definition) is 1. The summed E-state index contributed by atoms with van der Waals surface area (Å²) >= 11 is 3.46. The van der Waals surface area contributed by atoms with Gasteiger partial charge in [-0.25, -0.2) is 0 Å². The van der Waals surface area contributed by atoms with Crippen LogP contribution in [-0.4, -0.2) is 11.9 Å². The quantitative estimate of drug-likeness (QED) is 0.797. The zero-order valence-corrected chi connectivity index (χ0v) is 11.4. The average molecular weight is 268 g/mol. The largest absolute Gasteiger partial charge is 0.371 e. The first-order valence-electron chi connectivity index (χ1n) is 5.07. The van der Waals surface area contributed by atoms with E-state index in [-0.39, 0.29) is 5.54 Å². The Morgan fingerprint density at radius 1 is 1.27 bits per heavy atom. The molecule has 0 radical (unpaired) electrons. The van der Waals surface area contributed by atoms with Crippen molar-refractivity contribution < 1.29 is 0 Å².